The molecule has 0 aliphatic carbocycles. The third-order valence-corrected chi connectivity index (χ3v) is 7.53. The van der Waals surface area contributed by atoms with Gasteiger partial charge in [0.1, 0.15) is 11.3 Å². The Labute approximate surface area is 248 Å². The van der Waals surface area contributed by atoms with E-state index in [1.54, 1.807) is 12.4 Å². The number of hydrogen-bond acceptors (Lipinski definition) is 9. The lowest BCUT2D eigenvalue weighted by Gasteiger charge is -2.09. The van der Waals surface area contributed by atoms with E-state index in [0.29, 0.717) is 113 Å². The number of fused-ring (bicyclic) bond motifs is 12. The van der Waals surface area contributed by atoms with E-state index < -0.39 is 0 Å². The first kappa shape index (κ1) is 29.1. The molecular weight excluding hydrogens is 554 g/mol. The first-order chi connectivity index (χ1) is 21.1. The summed E-state index contributed by atoms with van der Waals surface area (Å²) < 4.78 is 32.3. The highest BCUT2D eigenvalue weighted by molar-refractivity contribution is 6.50. The molecule has 226 valence electrons. The highest BCUT2D eigenvalue weighted by atomic mass is 16.6. The summed E-state index contributed by atoms with van der Waals surface area (Å²) in [6.07, 6.45) is 7.22. The van der Waals surface area contributed by atoms with E-state index in [1.165, 1.54) is 11.9 Å². The van der Waals surface area contributed by atoms with E-state index >= 15 is 0 Å². The SMILES string of the molecule is CN1C(=O)C2=C(C1=O)c1cn(c3ncccc13)CCOCCOCCOCCOCCOCCn1cc2c2cccnc21. The summed E-state index contributed by atoms with van der Waals surface area (Å²) in [5.41, 5.74) is 3.43. The van der Waals surface area contributed by atoms with Gasteiger partial charge >= 0.3 is 0 Å². The molecule has 43 heavy (non-hydrogen) atoms. The summed E-state index contributed by atoms with van der Waals surface area (Å²) >= 11 is 0. The maximum absolute atomic E-state index is 13.7. The molecule has 0 fully saturated rings. The van der Waals surface area contributed by atoms with Crippen LogP contribution in [0.3, 0.4) is 0 Å². The number of hydrogen-bond donors (Lipinski definition) is 0. The zero-order chi connectivity index (χ0) is 29.6. The normalized spacial score (nSPS) is 19.0. The minimum atomic E-state index is -0.356. The Hall–Kier alpha value is -3.94. The van der Waals surface area contributed by atoms with Crippen LogP contribution < -0.4 is 0 Å². The van der Waals surface area contributed by atoms with E-state index in [-0.39, 0.29) is 11.8 Å². The van der Waals surface area contributed by atoms with Gasteiger partial charge in [-0.2, -0.15) is 0 Å². The zero-order valence-electron chi connectivity index (χ0n) is 24.2. The van der Waals surface area contributed by atoms with Crippen LogP contribution in [0.1, 0.15) is 11.1 Å². The van der Waals surface area contributed by atoms with Crippen LogP contribution in [0.15, 0.2) is 49.1 Å². The topological polar surface area (TPSA) is 119 Å². The summed E-state index contributed by atoms with van der Waals surface area (Å²) in [5, 5.41) is 1.57. The smallest absolute Gasteiger partial charge is 0.261 e. The molecule has 0 saturated heterocycles. The number of imide groups is 1. The van der Waals surface area contributed by atoms with Gasteiger partial charge in [0, 0.05) is 66.8 Å². The molecule has 0 spiro atoms. The minimum Gasteiger partial charge on any atom is -0.377 e. The maximum atomic E-state index is 13.7. The lowest BCUT2D eigenvalue weighted by Crippen LogP contribution is -2.26. The van der Waals surface area contributed by atoms with Gasteiger partial charge in [0.2, 0.25) is 0 Å². The van der Waals surface area contributed by atoms with Crippen molar-refractivity contribution < 1.29 is 33.3 Å². The number of pyridine rings is 2. The van der Waals surface area contributed by atoms with Crippen LogP contribution in [0.2, 0.25) is 0 Å². The molecule has 4 aromatic heterocycles. The van der Waals surface area contributed by atoms with Crippen molar-refractivity contribution in [2.45, 2.75) is 13.1 Å². The number of aromatic nitrogens is 4. The van der Waals surface area contributed by atoms with Crippen molar-refractivity contribution in [1.29, 1.82) is 0 Å². The average molecular weight is 590 g/mol. The third-order valence-electron chi connectivity index (χ3n) is 7.53. The number of carbonyl (C=O) groups is 2. The fourth-order valence-electron chi connectivity index (χ4n) is 5.43. The van der Waals surface area contributed by atoms with Crippen LogP contribution in [0, 0.1) is 0 Å². The molecule has 6 rings (SSSR count). The van der Waals surface area contributed by atoms with E-state index in [2.05, 4.69) is 9.97 Å². The first-order valence-corrected chi connectivity index (χ1v) is 14.5. The number of amides is 2. The largest absolute Gasteiger partial charge is 0.377 e. The Bertz CT molecular complexity index is 1520. The van der Waals surface area contributed by atoms with E-state index in [9.17, 15) is 9.59 Å². The van der Waals surface area contributed by atoms with Gasteiger partial charge in [-0.25, -0.2) is 9.97 Å². The van der Waals surface area contributed by atoms with E-state index in [4.69, 9.17) is 23.7 Å². The summed E-state index contributed by atoms with van der Waals surface area (Å²) in [5.74, 6) is -0.712. The molecule has 4 bridgehead atoms. The van der Waals surface area contributed by atoms with Crippen LogP contribution in [0.25, 0.3) is 33.2 Å². The van der Waals surface area contributed by atoms with Crippen LogP contribution in [0.5, 0.6) is 0 Å². The minimum absolute atomic E-state index is 0.350. The molecule has 12 heteroatoms. The fraction of sp³-hybridized carbons (Fsp3) is 0.419. The Kier molecular flexibility index (Phi) is 9.20. The molecule has 2 aliphatic heterocycles. The molecule has 6 heterocycles. The van der Waals surface area contributed by atoms with Gasteiger partial charge in [-0.15, -0.1) is 0 Å². The van der Waals surface area contributed by atoms with Gasteiger partial charge in [0.15, 0.2) is 0 Å². The number of rotatable bonds is 0. The third kappa shape index (κ3) is 6.10. The Morgan fingerprint density at radius 3 is 1.35 bits per heavy atom. The lowest BCUT2D eigenvalue weighted by atomic mass is 9.96. The van der Waals surface area contributed by atoms with Gasteiger partial charge in [0.25, 0.3) is 11.8 Å². The number of nitrogens with zero attached hydrogens (tertiary/aromatic N) is 5. The highest BCUT2D eigenvalue weighted by Gasteiger charge is 2.39. The van der Waals surface area contributed by atoms with Crippen LogP contribution in [-0.2, 0) is 46.4 Å². The standard InChI is InChI=1S/C31H35N5O7/c1-34-30(37)26-24-20-35(28-22(24)4-2-6-32-28)8-10-39-12-14-41-16-18-43-19-17-42-15-13-40-11-9-36-21-25(27(26)31(34)38)23-5-3-7-33-29(23)36/h2-7,20-21H,8-19H2,1H3. The summed E-state index contributed by atoms with van der Waals surface area (Å²) in [4.78, 5) is 37.8. The Morgan fingerprint density at radius 2 is 0.953 bits per heavy atom. The van der Waals surface area contributed by atoms with Crippen molar-refractivity contribution in [3.05, 3.63) is 60.2 Å². The molecule has 0 N–H and O–H groups in total. The van der Waals surface area contributed by atoms with Gasteiger partial charge in [-0.05, 0) is 24.3 Å². The number of likely N-dealkylation sites (N-methyl/N-ethyl adjacent to an activating group) is 1. The van der Waals surface area contributed by atoms with Gasteiger partial charge < -0.3 is 32.8 Å². The molecule has 0 unspecified atom stereocenters. The molecule has 0 saturated carbocycles. The van der Waals surface area contributed by atoms with Crippen molar-refractivity contribution in [2.75, 3.05) is 73.1 Å². The second-order valence-corrected chi connectivity index (χ2v) is 10.2. The molecule has 4 aromatic rings. The summed E-state index contributed by atoms with van der Waals surface area (Å²) in [7, 11) is 1.52. The Morgan fingerprint density at radius 1 is 0.581 bits per heavy atom. The summed E-state index contributed by atoms with van der Waals surface area (Å²) in [6.45, 7) is 5.59. The summed E-state index contributed by atoms with van der Waals surface area (Å²) in [6, 6.07) is 7.51. The van der Waals surface area contributed by atoms with E-state index in [0.717, 1.165) is 10.8 Å². The van der Waals surface area contributed by atoms with Crippen molar-refractivity contribution in [3.63, 3.8) is 0 Å². The van der Waals surface area contributed by atoms with Crippen LogP contribution in [-0.4, -0.2) is 109 Å². The van der Waals surface area contributed by atoms with E-state index in [1.807, 2.05) is 45.8 Å². The molecule has 0 radical (unpaired) electrons. The maximum Gasteiger partial charge on any atom is 0.261 e. The molecule has 2 amide bonds. The van der Waals surface area contributed by atoms with Crippen molar-refractivity contribution >= 4 is 45.0 Å². The van der Waals surface area contributed by atoms with Crippen LogP contribution in [0.4, 0.5) is 0 Å². The lowest BCUT2D eigenvalue weighted by molar-refractivity contribution is -0.134. The average Bonchev–Trinajstić information content (AvgIpc) is 3.64. The van der Waals surface area contributed by atoms with Crippen molar-refractivity contribution in [1.82, 2.24) is 24.0 Å². The number of ether oxygens (including phenoxy) is 5. The second-order valence-electron chi connectivity index (χ2n) is 10.2. The molecule has 0 aromatic carbocycles. The zero-order valence-corrected chi connectivity index (χ0v) is 24.2. The highest BCUT2D eigenvalue weighted by Crippen LogP contribution is 2.40. The van der Waals surface area contributed by atoms with Crippen LogP contribution >= 0.6 is 0 Å². The second kappa shape index (κ2) is 13.6. The van der Waals surface area contributed by atoms with Crippen molar-refractivity contribution in [3.8, 4) is 0 Å². The predicted molar refractivity (Wildman–Crippen MR) is 158 cm³/mol. The van der Waals surface area contributed by atoms with Gasteiger partial charge in [-0.3, -0.25) is 14.5 Å². The fourth-order valence-corrected chi connectivity index (χ4v) is 5.43. The molecule has 0 atom stereocenters. The first-order valence-electron chi connectivity index (χ1n) is 14.5. The molecular formula is C31H35N5O7. The van der Waals surface area contributed by atoms with Crippen molar-refractivity contribution in [2.24, 2.45) is 0 Å². The quantitative estimate of drug-likeness (QED) is 0.285. The predicted octanol–water partition coefficient (Wildman–Crippen LogP) is 2.39. The van der Waals surface area contributed by atoms with Gasteiger partial charge in [-0.1, -0.05) is 0 Å². The Balaban J connectivity index is 1.39. The number of carbonyl (C=O) groups excluding carboxylic acids is 2. The monoisotopic (exact) mass is 589 g/mol. The molecule has 12 nitrogen and oxygen atoms in total. The molecule has 2 aliphatic rings. The van der Waals surface area contributed by atoms with Gasteiger partial charge in [0.05, 0.1) is 77.2 Å².